The molecule has 2 N–H and O–H groups in total. The Morgan fingerprint density at radius 3 is 2.34 bits per heavy atom. The van der Waals surface area contributed by atoms with Gasteiger partial charge in [0.2, 0.25) is 10.0 Å². The third-order valence-corrected chi connectivity index (χ3v) is 6.19. The molecule has 2 aromatic carbocycles. The number of benzene rings is 2. The van der Waals surface area contributed by atoms with E-state index in [0.29, 0.717) is 12.1 Å². The lowest BCUT2D eigenvalue weighted by molar-refractivity contribution is -0.119. The molecular formula is C21H26N2O5S. The van der Waals surface area contributed by atoms with E-state index in [4.69, 9.17) is 4.74 Å². The van der Waals surface area contributed by atoms with Crippen molar-refractivity contribution in [2.75, 3.05) is 11.9 Å². The number of hydrogen-bond acceptors (Lipinski definition) is 5. The Kier molecular flexibility index (Phi) is 7.53. The van der Waals surface area contributed by atoms with Gasteiger partial charge in [0.05, 0.1) is 10.5 Å². The molecule has 156 valence electrons. The van der Waals surface area contributed by atoms with E-state index in [1.165, 1.54) is 24.3 Å². The van der Waals surface area contributed by atoms with Gasteiger partial charge in [-0.2, -0.15) is 0 Å². The van der Waals surface area contributed by atoms with E-state index >= 15 is 0 Å². The summed E-state index contributed by atoms with van der Waals surface area (Å²) >= 11 is 0. The lowest BCUT2D eigenvalue weighted by atomic mass is 10.1. The monoisotopic (exact) mass is 418 g/mol. The van der Waals surface area contributed by atoms with E-state index in [0.717, 1.165) is 11.1 Å². The normalized spacial score (nSPS) is 12.3. The summed E-state index contributed by atoms with van der Waals surface area (Å²) in [5.41, 5.74) is 2.80. The smallest absolute Gasteiger partial charge is 0.338 e. The van der Waals surface area contributed by atoms with Crippen LogP contribution in [0.3, 0.4) is 0 Å². The first-order valence-corrected chi connectivity index (χ1v) is 10.8. The Labute approximate surface area is 171 Å². The van der Waals surface area contributed by atoms with Crippen LogP contribution in [-0.4, -0.2) is 32.9 Å². The molecule has 2 aromatic rings. The average Bonchev–Trinajstić information content (AvgIpc) is 2.69. The van der Waals surface area contributed by atoms with Crippen molar-refractivity contribution in [3.63, 3.8) is 0 Å². The first kappa shape index (κ1) is 22.6. The second-order valence-corrected chi connectivity index (χ2v) is 8.54. The molecule has 2 rings (SSSR count). The zero-order chi connectivity index (χ0) is 21.6. The van der Waals surface area contributed by atoms with Gasteiger partial charge >= 0.3 is 5.97 Å². The number of ether oxygens (including phenoxy) is 1. The maximum atomic E-state index is 12.2. The summed E-state index contributed by atoms with van der Waals surface area (Å²) < 4.78 is 32.1. The van der Waals surface area contributed by atoms with Gasteiger partial charge in [0.15, 0.2) is 6.61 Å². The number of aryl methyl sites for hydroxylation is 1. The van der Waals surface area contributed by atoms with Crippen LogP contribution in [0.25, 0.3) is 0 Å². The quantitative estimate of drug-likeness (QED) is 0.641. The largest absolute Gasteiger partial charge is 0.452 e. The third kappa shape index (κ3) is 6.13. The molecule has 1 atom stereocenters. The van der Waals surface area contributed by atoms with Gasteiger partial charge in [-0.05, 0) is 68.7 Å². The van der Waals surface area contributed by atoms with Gasteiger partial charge in [0, 0.05) is 11.7 Å². The molecular weight excluding hydrogens is 392 g/mol. The Morgan fingerprint density at radius 1 is 1.07 bits per heavy atom. The van der Waals surface area contributed by atoms with Crippen molar-refractivity contribution in [1.82, 2.24) is 4.72 Å². The fourth-order valence-corrected chi connectivity index (χ4v) is 3.80. The van der Waals surface area contributed by atoms with E-state index in [1.807, 2.05) is 32.9 Å². The number of rotatable bonds is 8. The first-order valence-electron chi connectivity index (χ1n) is 9.29. The van der Waals surface area contributed by atoms with Crippen LogP contribution in [0.1, 0.15) is 41.8 Å². The minimum absolute atomic E-state index is 0.0574. The summed E-state index contributed by atoms with van der Waals surface area (Å²) in [5.74, 6) is -1.16. The van der Waals surface area contributed by atoms with Gasteiger partial charge in [-0.3, -0.25) is 4.79 Å². The molecule has 0 saturated carbocycles. The topological polar surface area (TPSA) is 102 Å². The number of amides is 1. The van der Waals surface area contributed by atoms with Gasteiger partial charge in [-0.15, -0.1) is 0 Å². The SMILES string of the molecule is CCC(C)NS(=O)(=O)c1ccc(C(=O)OCC(=O)Nc2cccc(C)c2C)cc1. The highest BCUT2D eigenvalue weighted by atomic mass is 32.2. The Balaban J connectivity index is 1.95. The number of esters is 1. The number of carbonyl (C=O) groups excluding carboxylic acids is 2. The average molecular weight is 419 g/mol. The molecule has 29 heavy (non-hydrogen) atoms. The Hall–Kier alpha value is -2.71. The molecule has 8 heteroatoms. The molecule has 0 bridgehead atoms. The van der Waals surface area contributed by atoms with E-state index < -0.39 is 28.5 Å². The summed E-state index contributed by atoms with van der Waals surface area (Å²) in [6, 6.07) is 10.7. The summed E-state index contributed by atoms with van der Waals surface area (Å²) in [6.45, 7) is 7.03. The van der Waals surface area contributed by atoms with E-state index in [2.05, 4.69) is 10.0 Å². The van der Waals surface area contributed by atoms with Crippen molar-refractivity contribution >= 4 is 27.6 Å². The highest BCUT2D eigenvalue weighted by molar-refractivity contribution is 7.89. The van der Waals surface area contributed by atoms with Crippen LogP contribution in [0.5, 0.6) is 0 Å². The maximum absolute atomic E-state index is 12.2. The Morgan fingerprint density at radius 2 is 1.72 bits per heavy atom. The van der Waals surface area contributed by atoms with E-state index in [9.17, 15) is 18.0 Å². The zero-order valence-electron chi connectivity index (χ0n) is 17.0. The van der Waals surface area contributed by atoms with E-state index in [-0.39, 0.29) is 16.5 Å². The van der Waals surface area contributed by atoms with Crippen LogP contribution in [0, 0.1) is 13.8 Å². The molecule has 0 fully saturated rings. The minimum Gasteiger partial charge on any atom is -0.452 e. The van der Waals surface area contributed by atoms with Crippen molar-refractivity contribution in [2.45, 2.75) is 45.1 Å². The van der Waals surface area contributed by atoms with E-state index in [1.54, 1.807) is 13.0 Å². The molecule has 7 nitrogen and oxygen atoms in total. The summed E-state index contributed by atoms with van der Waals surface area (Å²) in [6.07, 6.45) is 0.660. The van der Waals surface area contributed by atoms with Crippen molar-refractivity contribution in [3.05, 3.63) is 59.2 Å². The highest BCUT2D eigenvalue weighted by Crippen LogP contribution is 2.18. The maximum Gasteiger partial charge on any atom is 0.338 e. The van der Waals surface area contributed by atoms with Gasteiger partial charge in [-0.25, -0.2) is 17.9 Å². The molecule has 0 aromatic heterocycles. The minimum atomic E-state index is -3.65. The molecule has 1 unspecified atom stereocenters. The molecule has 0 heterocycles. The van der Waals surface area contributed by atoms with Gasteiger partial charge in [-0.1, -0.05) is 19.1 Å². The van der Waals surface area contributed by atoms with Crippen molar-refractivity contribution in [3.8, 4) is 0 Å². The summed E-state index contributed by atoms with van der Waals surface area (Å²) in [5, 5.41) is 2.71. The van der Waals surface area contributed by atoms with Gasteiger partial charge in [0.1, 0.15) is 0 Å². The molecule has 1 amide bonds. The van der Waals surface area contributed by atoms with Gasteiger partial charge < -0.3 is 10.1 Å². The fraction of sp³-hybridized carbons (Fsp3) is 0.333. The number of sulfonamides is 1. The standard InChI is InChI=1S/C21H26N2O5S/c1-5-15(3)23-29(26,27)18-11-9-17(10-12-18)21(25)28-13-20(24)22-19-8-6-7-14(2)16(19)4/h6-12,15,23H,5,13H2,1-4H3,(H,22,24). The number of hydrogen-bond donors (Lipinski definition) is 2. The second-order valence-electron chi connectivity index (χ2n) is 6.83. The third-order valence-electron chi connectivity index (χ3n) is 4.58. The molecule has 0 aliphatic heterocycles. The predicted molar refractivity (Wildman–Crippen MR) is 111 cm³/mol. The van der Waals surface area contributed by atoms with Gasteiger partial charge in [0.25, 0.3) is 5.91 Å². The van der Waals surface area contributed by atoms with Crippen LogP contribution in [-0.2, 0) is 19.6 Å². The molecule has 0 saturated heterocycles. The first-order chi connectivity index (χ1) is 13.6. The summed E-state index contributed by atoms with van der Waals surface area (Å²) in [7, 11) is -3.65. The highest BCUT2D eigenvalue weighted by Gasteiger charge is 2.18. The molecule has 0 radical (unpaired) electrons. The second kappa shape index (κ2) is 9.67. The van der Waals surface area contributed by atoms with Crippen molar-refractivity contribution in [1.29, 1.82) is 0 Å². The predicted octanol–water partition coefficient (Wildman–Crippen LogP) is 3.18. The zero-order valence-corrected chi connectivity index (χ0v) is 17.8. The fourth-order valence-electron chi connectivity index (χ4n) is 2.47. The van der Waals surface area contributed by atoms with Crippen LogP contribution >= 0.6 is 0 Å². The van der Waals surface area contributed by atoms with Crippen LogP contribution in [0.15, 0.2) is 47.4 Å². The molecule has 0 aliphatic carbocycles. The lowest BCUT2D eigenvalue weighted by Gasteiger charge is -2.12. The lowest BCUT2D eigenvalue weighted by Crippen LogP contribution is -2.32. The van der Waals surface area contributed by atoms with Crippen LogP contribution in [0.2, 0.25) is 0 Å². The Bertz CT molecular complexity index is 985. The molecule has 0 aliphatic rings. The number of anilines is 1. The summed E-state index contributed by atoms with van der Waals surface area (Å²) in [4.78, 5) is 24.3. The number of carbonyl (C=O) groups is 2. The number of nitrogens with one attached hydrogen (secondary N) is 2. The van der Waals surface area contributed by atoms with Crippen LogP contribution < -0.4 is 10.0 Å². The van der Waals surface area contributed by atoms with Crippen molar-refractivity contribution in [2.24, 2.45) is 0 Å². The van der Waals surface area contributed by atoms with Crippen molar-refractivity contribution < 1.29 is 22.7 Å². The molecule has 0 spiro atoms. The van der Waals surface area contributed by atoms with Crippen LogP contribution in [0.4, 0.5) is 5.69 Å².